The molecule has 6 nitrogen and oxygen atoms in total. The van der Waals surface area contributed by atoms with Crippen LogP contribution in [-0.4, -0.2) is 43.3 Å². The van der Waals surface area contributed by atoms with Crippen molar-refractivity contribution in [2.45, 2.75) is 13.0 Å². The molecule has 0 spiro atoms. The van der Waals surface area contributed by atoms with Gasteiger partial charge in [-0.05, 0) is 30.7 Å². The van der Waals surface area contributed by atoms with Gasteiger partial charge in [0.1, 0.15) is 5.75 Å². The molecule has 1 rings (SSSR count). The van der Waals surface area contributed by atoms with Crippen molar-refractivity contribution in [3.05, 3.63) is 28.8 Å². The highest BCUT2D eigenvalue weighted by Gasteiger charge is 2.16. The molecule has 7 heteroatoms. The fourth-order valence-corrected chi connectivity index (χ4v) is 1.63. The highest BCUT2D eigenvalue weighted by atomic mass is 35.5. The van der Waals surface area contributed by atoms with Crippen LogP contribution < -0.4 is 10.1 Å². The molecule has 0 saturated heterocycles. The molecule has 0 radical (unpaired) electrons. The summed E-state index contributed by atoms with van der Waals surface area (Å²) >= 11 is 5.80. The summed E-state index contributed by atoms with van der Waals surface area (Å²) in [6.45, 7) is 1.35. The second-order valence-electron chi connectivity index (χ2n) is 4.04. The molecule has 110 valence electrons. The summed E-state index contributed by atoms with van der Waals surface area (Å²) in [6.07, 6.45) is -1.39. The van der Waals surface area contributed by atoms with Gasteiger partial charge < -0.3 is 19.9 Å². The number of benzene rings is 1. The van der Waals surface area contributed by atoms with Gasteiger partial charge >= 0.3 is 5.97 Å². The van der Waals surface area contributed by atoms with Crippen molar-refractivity contribution in [1.29, 1.82) is 0 Å². The zero-order valence-corrected chi connectivity index (χ0v) is 11.9. The minimum absolute atomic E-state index is 0.226. The molecule has 0 aliphatic carbocycles. The number of esters is 1. The van der Waals surface area contributed by atoms with Crippen molar-refractivity contribution in [2.75, 3.05) is 20.3 Å². The van der Waals surface area contributed by atoms with E-state index in [4.69, 9.17) is 16.3 Å². The molecule has 0 fully saturated rings. The molecule has 1 aromatic carbocycles. The molecular formula is C13H16ClNO5. The lowest BCUT2D eigenvalue weighted by atomic mass is 10.2. The monoisotopic (exact) mass is 301 g/mol. The maximum atomic E-state index is 11.5. The Morgan fingerprint density at radius 1 is 1.45 bits per heavy atom. The van der Waals surface area contributed by atoms with Crippen LogP contribution in [0.2, 0.25) is 5.02 Å². The number of hydrogen-bond donors (Lipinski definition) is 2. The first-order valence-corrected chi connectivity index (χ1v) is 6.23. The first kappa shape index (κ1) is 16.3. The molecule has 0 aliphatic heterocycles. The maximum Gasteiger partial charge on any atom is 0.336 e. The van der Waals surface area contributed by atoms with Gasteiger partial charge in [-0.25, -0.2) is 4.79 Å². The second-order valence-corrected chi connectivity index (χ2v) is 4.48. The second kappa shape index (κ2) is 7.72. The number of carbonyl (C=O) groups is 2. The number of hydrogen-bond acceptors (Lipinski definition) is 5. The molecule has 0 bridgehead atoms. The summed E-state index contributed by atoms with van der Waals surface area (Å²) in [7, 11) is 1.15. The van der Waals surface area contributed by atoms with Crippen LogP contribution in [0.4, 0.5) is 0 Å². The SMILES string of the molecule is COC(=O)C(O)CNC(=O)COc1ccc(Cl)cc1C. The Bertz CT molecular complexity index is 492. The van der Waals surface area contributed by atoms with E-state index in [1.807, 2.05) is 0 Å². The number of methoxy groups -OCH3 is 1. The Kier molecular flexibility index (Phi) is 6.27. The minimum Gasteiger partial charge on any atom is -0.484 e. The van der Waals surface area contributed by atoms with E-state index >= 15 is 0 Å². The summed E-state index contributed by atoms with van der Waals surface area (Å²) < 4.78 is 9.62. The van der Waals surface area contributed by atoms with Crippen LogP contribution in [-0.2, 0) is 14.3 Å². The normalized spacial score (nSPS) is 11.6. The number of rotatable bonds is 6. The van der Waals surface area contributed by atoms with Gasteiger partial charge in [-0.15, -0.1) is 0 Å². The average Bonchev–Trinajstić information content (AvgIpc) is 2.42. The summed E-state index contributed by atoms with van der Waals surface area (Å²) in [4.78, 5) is 22.4. The Morgan fingerprint density at radius 2 is 2.15 bits per heavy atom. The molecular weight excluding hydrogens is 286 g/mol. The van der Waals surface area contributed by atoms with Crippen molar-refractivity contribution in [1.82, 2.24) is 5.32 Å². The van der Waals surface area contributed by atoms with E-state index in [1.165, 1.54) is 0 Å². The molecule has 0 aromatic heterocycles. The Morgan fingerprint density at radius 3 is 2.75 bits per heavy atom. The number of aryl methyl sites for hydroxylation is 1. The van der Waals surface area contributed by atoms with Crippen molar-refractivity contribution < 1.29 is 24.2 Å². The topological polar surface area (TPSA) is 84.9 Å². The van der Waals surface area contributed by atoms with E-state index in [0.717, 1.165) is 12.7 Å². The highest BCUT2D eigenvalue weighted by molar-refractivity contribution is 6.30. The van der Waals surface area contributed by atoms with E-state index in [-0.39, 0.29) is 13.2 Å². The Labute approximate surface area is 121 Å². The molecule has 20 heavy (non-hydrogen) atoms. The van der Waals surface area contributed by atoms with Gasteiger partial charge in [-0.3, -0.25) is 4.79 Å². The van der Waals surface area contributed by atoms with Crippen molar-refractivity contribution in [3.8, 4) is 5.75 Å². The standard InChI is InChI=1S/C13H16ClNO5/c1-8-5-9(14)3-4-11(8)20-7-12(17)15-6-10(16)13(18)19-2/h3-5,10,16H,6-7H2,1-2H3,(H,15,17). The van der Waals surface area contributed by atoms with Crippen LogP contribution in [0.15, 0.2) is 18.2 Å². The van der Waals surface area contributed by atoms with Gasteiger partial charge in [-0.2, -0.15) is 0 Å². The third-order valence-electron chi connectivity index (χ3n) is 2.46. The van der Waals surface area contributed by atoms with Crippen molar-refractivity contribution in [3.63, 3.8) is 0 Å². The number of amides is 1. The first-order valence-electron chi connectivity index (χ1n) is 5.85. The molecule has 1 aromatic rings. The summed E-state index contributed by atoms with van der Waals surface area (Å²) in [5.41, 5.74) is 0.805. The van der Waals surface area contributed by atoms with Crippen molar-refractivity contribution in [2.24, 2.45) is 0 Å². The van der Waals surface area contributed by atoms with Gasteiger partial charge in [0.15, 0.2) is 12.7 Å². The minimum atomic E-state index is -1.39. The molecule has 0 heterocycles. The molecule has 0 saturated carbocycles. The number of nitrogens with one attached hydrogen (secondary N) is 1. The van der Waals surface area contributed by atoms with E-state index in [2.05, 4.69) is 10.1 Å². The van der Waals surface area contributed by atoms with Crippen LogP contribution in [0.3, 0.4) is 0 Å². The first-order chi connectivity index (χ1) is 9.43. The molecule has 1 amide bonds. The van der Waals surface area contributed by atoms with E-state index in [9.17, 15) is 14.7 Å². The van der Waals surface area contributed by atoms with Crippen LogP contribution in [0.5, 0.6) is 5.75 Å². The van der Waals surface area contributed by atoms with E-state index in [0.29, 0.717) is 10.8 Å². The third kappa shape index (κ3) is 5.07. The number of carbonyl (C=O) groups excluding carboxylic acids is 2. The molecule has 1 atom stereocenters. The number of ether oxygens (including phenoxy) is 2. The third-order valence-corrected chi connectivity index (χ3v) is 2.70. The molecule has 0 aliphatic rings. The number of aliphatic hydroxyl groups is 1. The fourth-order valence-electron chi connectivity index (χ4n) is 1.40. The van der Waals surface area contributed by atoms with Gasteiger partial charge in [0.25, 0.3) is 5.91 Å². The van der Waals surface area contributed by atoms with Crippen LogP contribution >= 0.6 is 11.6 Å². The van der Waals surface area contributed by atoms with Crippen molar-refractivity contribution >= 4 is 23.5 Å². The van der Waals surface area contributed by atoms with Gasteiger partial charge in [0.05, 0.1) is 13.7 Å². The fraction of sp³-hybridized carbons (Fsp3) is 0.385. The molecule has 1 unspecified atom stereocenters. The summed E-state index contributed by atoms with van der Waals surface area (Å²) in [5, 5.41) is 12.2. The maximum absolute atomic E-state index is 11.5. The lowest BCUT2D eigenvalue weighted by Crippen LogP contribution is -2.39. The quantitative estimate of drug-likeness (QED) is 0.755. The zero-order valence-electron chi connectivity index (χ0n) is 11.2. The lowest BCUT2D eigenvalue weighted by molar-refractivity contribution is -0.150. The van der Waals surface area contributed by atoms with Gasteiger partial charge in [0.2, 0.25) is 0 Å². The number of halogens is 1. The Balaban J connectivity index is 2.38. The summed E-state index contributed by atoms with van der Waals surface area (Å²) in [6, 6.07) is 5.03. The average molecular weight is 302 g/mol. The Hall–Kier alpha value is -1.79. The smallest absolute Gasteiger partial charge is 0.336 e. The van der Waals surface area contributed by atoms with Gasteiger partial charge in [0, 0.05) is 5.02 Å². The van der Waals surface area contributed by atoms with Gasteiger partial charge in [-0.1, -0.05) is 11.6 Å². The zero-order chi connectivity index (χ0) is 15.1. The van der Waals surface area contributed by atoms with Crippen LogP contribution in [0, 0.1) is 6.92 Å². The predicted octanol–water partition coefficient (Wildman–Crippen LogP) is 0.677. The summed E-state index contributed by atoms with van der Waals surface area (Å²) in [5.74, 6) is -0.722. The predicted molar refractivity (Wildman–Crippen MR) is 72.7 cm³/mol. The lowest BCUT2D eigenvalue weighted by Gasteiger charge is -2.11. The molecule has 2 N–H and O–H groups in total. The van der Waals surface area contributed by atoms with Crippen LogP contribution in [0.25, 0.3) is 0 Å². The van der Waals surface area contributed by atoms with Crippen LogP contribution in [0.1, 0.15) is 5.56 Å². The number of aliphatic hydroxyl groups excluding tert-OH is 1. The largest absolute Gasteiger partial charge is 0.484 e. The van der Waals surface area contributed by atoms with E-state index in [1.54, 1.807) is 25.1 Å². The van der Waals surface area contributed by atoms with E-state index < -0.39 is 18.0 Å². The highest BCUT2D eigenvalue weighted by Crippen LogP contribution is 2.21.